The van der Waals surface area contributed by atoms with Crippen molar-refractivity contribution in [1.82, 2.24) is 0 Å². The number of benzene rings is 1. The SMILES string of the molecule is Cc1sc2cc(O)ccc2c1F. The first-order valence-corrected chi connectivity index (χ1v) is 4.38. The molecule has 0 radical (unpaired) electrons. The topological polar surface area (TPSA) is 20.2 Å². The summed E-state index contributed by atoms with van der Waals surface area (Å²) in [5.74, 6) is 0.0127. The van der Waals surface area contributed by atoms with Gasteiger partial charge in [-0.15, -0.1) is 11.3 Å². The van der Waals surface area contributed by atoms with Crippen LogP contribution in [0.5, 0.6) is 5.75 Å². The molecule has 3 heteroatoms. The molecule has 1 nitrogen and oxygen atoms in total. The highest BCUT2D eigenvalue weighted by atomic mass is 32.1. The first-order chi connectivity index (χ1) is 5.68. The van der Waals surface area contributed by atoms with Gasteiger partial charge >= 0.3 is 0 Å². The molecule has 0 bridgehead atoms. The van der Waals surface area contributed by atoms with E-state index in [-0.39, 0.29) is 11.6 Å². The summed E-state index contributed by atoms with van der Waals surface area (Å²) >= 11 is 1.36. The number of phenols is 1. The summed E-state index contributed by atoms with van der Waals surface area (Å²) in [6.45, 7) is 1.73. The van der Waals surface area contributed by atoms with Crippen LogP contribution in [0.2, 0.25) is 0 Å². The summed E-state index contributed by atoms with van der Waals surface area (Å²) < 4.78 is 14.0. The molecule has 0 spiro atoms. The van der Waals surface area contributed by atoms with Gasteiger partial charge in [-0.25, -0.2) is 4.39 Å². The van der Waals surface area contributed by atoms with Crippen molar-refractivity contribution in [2.45, 2.75) is 6.92 Å². The van der Waals surface area contributed by atoms with Crippen molar-refractivity contribution in [3.05, 3.63) is 28.9 Å². The molecule has 0 fully saturated rings. The van der Waals surface area contributed by atoms with Crippen molar-refractivity contribution in [2.24, 2.45) is 0 Å². The minimum atomic E-state index is -0.171. The van der Waals surface area contributed by atoms with E-state index in [0.717, 1.165) is 4.70 Å². The lowest BCUT2D eigenvalue weighted by Crippen LogP contribution is -1.70. The zero-order valence-corrected chi connectivity index (χ0v) is 7.28. The van der Waals surface area contributed by atoms with Crippen LogP contribution in [0.25, 0.3) is 10.1 Å². The lowest BCUT2D eigenvalue weighted by molar-refractivity contribution is 0.476. The summed E-state index contributed by atoms with van der Waals surface area (Å²) in [5.41, 5.74) is 0. The van der Waals surface area contributed by atoms with Gasteiger partial charge in [0.05, 0.1) is 0 Å². The zero-order valence-electron chi connectivity index (χ0n) is 6.47. The highest BCUT2D eigenvalue weighted by Crippen LogP contribution is 2.31. The molecule has 0 aliphatic rings. The van der Waals surface area contributed by atoms with E-state index in [1.807, 2.05) is 0 Å². The van der Waals surface area contributed by atoms with Gasteiger partial charge in [-0.2, -0.15) is 0 Å². The average Bonchev–Trinajstić information content (AvgIpc) is 2.28. The predicted molar refractivity (Wildman–Crippen MR) is 48.2 cm³/mol. The van der Waals surface area contributed by atoms with Crippen molar-refractivity contribution >= 4 is 21.4 Å². The number of halogens is 1. The number of hydrogen-bond donors (Lipinski definition) is 1. The van der Waals surface area contributed by atoms with Gasteiger partial charge in [0.2, 0.25) is 0 Å². The first kappa shape index (κ1) is 7.55. The molecule has 1 N–H and O–H groups in total. The van der Waals surface area contributed by atoms with Crippen molar-refractivity contribution in [3.8, 4) is 5.75 Å². The molecule has 62 valence electrons. The van der Waals surface area contributed by atoms with E-state index in [2.05, 4.69) is 0 Å². The van der Waals surface area contributed by atoms with Gasteiger partial charge in [-0.05, 0) is 25.1 Å². The summed E-state index contributed by atoms with van der Waals surface area (Å²) in [7, 11) is 0. The van der Waals surface area contributed by atoms with E-state index in [0.29, 0.717) is 10.3 Å². The van der Waals surface area contributed by atoms with Crippen molar-refractivity contribution in [3.63, 3.8) is 0 Å². The number of thiophene rings is 1. The third-order valence-corrected chi connectivity index (χ3v) is 2.82. The number of aromatic hydroxyl groups is 1. The summed E-state index contributed by atoms with van der Waals surface area (Å²) in [4.78, 5) is 0.663. The van der Waals surface area contributed by atoms with Gasteiger partial charge in [0.1, 0.15) is 11.6 Å². The minimum absolute atomic E-state index is 0.171. The summed E-state index contributed by atoms with van der Waals surface area (Å²) in [5, 5.41) is 9.71. The number of aryl methyl sites for hydroxylation is 1. The molecule has 12 heavy (non-hydrogen) atoms. The Kier molecular flexibility index (Phi) is 1.54. The number of phenolic OH excluding ortho intramolecular Hbond substituents is 1. The molecule has 0 atom stereocenters. The van der Waals surface area contributed by atoms with Crippen molar-refractivity contribution < 1.29 is 9.50 Å². The van der Waals surface area contributed by atoms with Gasteiger partial charge in [0.15, 0.2) is 0 Å². The summed E-state index contributed by atoms with van der Waals surface area (Å²) in [6.07, 6.45) is 0. The maximum atomic E-state index is 13.2. The molecule has 0 saturated carbocycles. The lowest BCUT2D eigenvalue weighted by atomic mass is 10.2. The second kappa shape index (κ2) is 2.45. The van der Waals surface area contributed by atoms with Gasteiger partial charge < -0.3 is 5.11 Å². The van der Waals surface area contributed by atoms with E-state index in [1.165, 1.54) is 17.4 Å². The van der Waals surface area contributed by atoms with Crippen LogP contribution in [0.4, 0.5) is 4.39 Å². The fraction of sp³-hybridized carbons (Fsp3) is 0.111. The van der Waals surface area contributed by atoms with E-state index < -0.39 is 0 Å². The minimum Gasteiger partial charge on any atom is -0.508 e. The third kappa shape index (κ3) is 0.975. The number of rotatable bonds is 0. The highest BCUT2D eigenvalue weighted by Gasteiger charge is 2.07. The van der Waals surface area contributed by atoms with E-state index in [4.69, 9.17) is 5.11 Å². The first-order valence-electron chi connectivity index (χ1n) is 3.56. The Morgan fingerprint density at radius 3 is 2.92 bits per heavy atom. The van der Waals surface area contributed by atoms with Crippen LogP contribution in [0.15, 0.2) is 18.2 Å². The average molecular weight is 182 g/mol. The fourth-order valence-electron chi connectivity index (χ4n) is 1.18. The standard InChI is InChI=1S/C9H7FOS/c1-5-9(10)7-3-2-6(11)4-8(7)12-5/h2-4,11H,1H3. The van der Waals surface area contributed by atoms with Gasteiger partial charge in [-0.3, -0.25) is 0 Å². The van der Waals surface area contributed by atoms with Gasteiger partial charge in [0.25, 0.3) is 0 Å². The molecule has 2 rings (SSSR count). The number of fused-ring (bicyclic) bond motifs is 1. The molecule has 2 aromatic rings. The maximum absolute atomic E-state index is 13.2. The van der Waals surface area contributed by atoms with E-state index in [1.54, 1.807) is 19.1 Å². The quantitative estimate of drug-likeness (QED) is 0.663. The molecule has 0 aliphatic heterocycles. The molecule has 0 unspecified atom stereocenters. The Morgan fingerprint density at radius 2 is 2.17 bits per heavy atom. The fourth-order valence-corrected chi connectivity index (χ4v) is 2.15. The molecule has 0 saturated heterocycles. The number of hydrogen-bond acceptors (Lipinski definition) is 2. The highest BCUT2D eigenvalue weighted by molar-refractivity contribution is 7.19. The van der Waals surface area contributed by atoms with Crippen LogP contribution in [0.1, 0.15) is 4.88 Å². The third-order valence-electron chi connectivity index (χ3n) is 1.77. The van der Waals surface area contributed by atoms with Crippen molar-refractivity contribution in [1.29, 1.82) is 0 Å². The van der Waals surface area contributed by atoms with Crippen molar-refractivity contribution in [2.75, 3.05) is 0 Å². The normalized spacial score (nSPS) is 10.8. The maximum Gasteiger partial charge on any atom is 0.144 e. The lowest BCUT2D eigenvalue weighted by Gasteiger charge is -1.90. The second-order valence-corrected chi connectivity index (χ2v) is 3.91. The van der Waals surface area contributed by atoms with Crippen LogP contribution in [-0.4, -0.2) is 5.11 Å². The summed E-state index contributed by atoms with van der Waals surface area (Å²) in [6, 6.07) is 4.68. The largest absolute Gasteiger partial charge is 0.508 e. The van der Waals surface area contributed by atoms with Crippen LogP contribution in [-0.2, 0) is 0 Å². The molecule has 1 heterocycles. The Balaban J connectivity index is 2.87. The van der Waals surface area contributed by atoms with Crippen LogP contribution >= 0.6 is 11.3 Å². The van der Waals surface area contributed by atoms with Crippen LogP contribution < -0.4 is 0 Å². The van der Waals surface area contributed by atoms with E-state index in [9.17, 15) is 4.39 Å². The molecular weight excluding hydrogens is 175 g/mol. The smallest absolute Gasteiger partial charge is 0.144 e. The molecule has 0 aliphatic carbocycles. The van der Waals surface area contributed by atoms with Gasteiger partial charge in [-0.1, -0.05) is 0 Å². The van der Waals surface area contributed by atoms with E-state index >= 15 is 0 Å². The monoisotopic (exact) mass is 182 g/mol. The Bertz CT molecular complexity index is 433. The Hall–Kier alpha value is -1.09. The molecular formula is C9H7FOS. The van der Waals surface area contributed by atoms with Crippen LogP contribution in [0, 0.1) is 12.7 Å². The Labute approximate surface area is 73.1 Å². The van der Waals surface area contributed by atoms with Gasteiger partial charge in [0, 0.05) is 15.0 Å². The zero-order chi connectivity index (χ0) is 8.72. The van der Waals surface area contributed by atoms with Crippen LogP contribution in [0.3, 0.4) is 0 Å². The molecule has 1 aromatic heterocycles. The molecule has 1 aromatic carbocycles. The Morgan fingerprint density at radius 1 is 1.42 bits per heavy atom. The molecule has 0 amide bonds. The predicted octanol–water partition coefficient (Wildman–Crippen LogP) is 3.05. The second-order valence-electron chi connectivity index (χ2n) is 2.65.